The zero-order valence-electron chi connectivity index (χ0n) is 14.3. The molecule has 0 radical (unpaired) electrons. The minimum absolute atomic E-state index is 0.0460. The lowest BCUT2D eigenvalue weighted by Gasteiger charge is -2.09. The van der Waals surface area contributed by atoms with Gasteiger partial charge in [0.1, 0.15) is 28.0 Å². The van der Waals surface area contributed by atoms with E-state index in [4.69, 9.17) is 20.5 Å². The van der Waals surface area contributed by atoms with E-state index < -0.39 is 20.7 Å². The average Bonchev–Trinajstić information content (AvgIpc) is 2.68. The van der Waals surface area contributed by atoms with Crippen molar-refractivity contribution in [3.63, 3.8) is 0 Å². The summed E-state index contributed by atoms with van der Waals surface area (Å²) >= 11 is 5.70. The Hall–Kier alpha value is -3.10. The van der Waals surface area contributed by atoms with Crippen molar-refractivity contribution in [2.24, 2.45) is 0 Å². The Morgan fingerprint density at radius 3 is 2.21 bits per heavy atom. The molecule has 0 bridgehead atoms. The fourth-order valence-electron chi connectivity index (χ4n) is 2.30. The van der Waals surface area contributed by atoms with Crippen molar-refractivity contribution in [2.75, 3.05) is 0 Å². The molecule has 3 rings (SSSR count). The number of nitrogens with zero attached hydrogens (tertiary/aromatic N) is 1. The summed E-state index contributed by atoms with van der Waals surface area (Å²) in [6.07, 6.45) is 0. The van der Waals surface area contributed by atoms with Crippen LogP contribution in [-0.4, -0.2) is 13.3 Å². The lowest BCUT2D eigenvalue weighted by molar-refractivity contribution is -0.384. The Balaban J connectivity index is 1.71. The van der Waals surface area contributed by atoms with E-state index in [-0.39, 0.29) is 15.7 Å². The third-order valence-corrected chi connectivity index (χ3v) is 5.24. The molecule has 0 aliphatic carbocycles. The van der Waals surface area contributed by atoms with E-state index in [2.05, 4.69) is 0 Å². The summed E-state index contributed by atoms with van der Waals surface area (Å²) in [6, 6.07) is 18.7. The first-order valence-electron chi connectivity index (χ1n) is 8.00. The van der Waals surface area contributed by atoms with Crippen LogP contribution in [0, 0.1) is 10.1 Å². The highest BCUT2D eigenvalue weighted by atomic mass is 35.5. The second-order valence-corrected chi connectivity index (χ2v) is 7.61. The molecule has 9 heteroatoms. The number of nitro groups is 1. The normalized spacial score (nSPS) is 11.0. The summed E-state index contributed by atoms with van der Waals surface area (Å²) in [6.45, 7) is 0.369. The third kappa shape index (κ3) is 4.79. The standard InChI is InChI=1S/C19H14ClNO6S/c20-18-11-10-17(12-19(18)21(22)23)28(24,25)27-16-8-6-15(7-9-16)26-13-14-4-2-1-3-5-14/h1-12H,13H2. The van der Waals surface area contributed by atoms with Crippen LogP contribution in [-0.2, 0) is 16.7 Å². The first-order chi connectivity index (χ1) is 13.3. The van der Waals surface area contributed by atoms with Gasteiger partial charge < -0.3 is 8.92 Å². The molecule has 0 aliphatic heterocycles. The SMILES string of the molecule is O=[N+]([O-])c1cc(S(=O)(=O)Oc2ccc(OCc3ccccc3)cc2)ccc1Cl. The van der Waals surface area contributed by atoms with E-state index in [1.54, 1.807) is 12.1 Å². The Kier molecular flexibility index (Phi) is 5.81. The van der Waals surface area contributed by atoms with E-state index in [1.807, 2.05) is 30.3 Å². The van der Waals surface area contributed by atoms with Gasteiger partial charge in [0.25, 0.3) is 5.69 Å². The maximum Gasteiger partial charge on any atom is 0.339 e. The fourth-order valence-corrected chi connectivity index (χ4v) is 3.43. The van der Waals surface area contributed by atoms with Crippen molar-refractivity contribution in [1.29, 1.82) is 0 Å². The third-order valence-electron chi connectivity index (χ3n) is 3.68. The summed E-state index contributed by atoms with van der Waals surface area (Å²) in [5.41, 5.74) is 0.478. The van der Waals surface area contributed by atoms with Crippen molar-refractivity contribution in [3.05, 3.63) is 93.5 Å². The van der Waals surface area contributed by atoms with Crippen LogP contribution in [0.25, 0.3) is 0 Å². The first-order valence-corrected chi connectivity index (χ1v) is 9.79. The highest BCUT2D eigenvalue weighted by molar-refractivity contribution is 7.87. The highest BCUT2D eigenvalue weighted by Crippen LogP contribution is 2.29. The Morgan fingerprint density at radius 1 is 0.929 bits per heavy atom. The van der Waals surface area contributed by atoms with E-state index >= 15 is 0 Å². The summed E-state index contributed by atoms with van der Waals surface area (Å²) in [5, 5.41) is 10.8. The molecule has 0 saturated carbocycles. The second-order valence-electron chi connectivity index (χ2n) is 5.65. The van der Waals surface area contributed by atoms with Crippen LogP contribution in [0.15, 0.2) is 77.7 Å². The lowest BCUT2D eigenvalue weighted by atomic mass is 10.2. The fraction of sp³-hybridized carbons (Fsp3) is 0.0526. The van der Waals surface area contributed by atoms with Gasteiger partial charge in [-0.2, -0.15) is 8.42 Å². The van der Waals surface area contributed by atoms with Crippen LogP contribution in [0.4, 0.5) is 5.69 Å². The second kappa shape index (κ2) is 8.28. The van der Waals surface area contributed by atoms with Gasteiger partial charge in [-0.25, -0.2) is 0 Å². The van der Waals surface area contributed by atoms with E-state index in [0.29, 0.717) is 12.4 Å². The lowest BCUT2D eigenvalue weighted by Crippen LogP contribution is -2.10. The topological polar surface area (TPSA) is 95.7 Å². The molecule has 144 valence electrons. The van der Waals surface area contributed by atoms with Crippen molar-refractivity contribution in [3.8, 4) is 11.5 Å². The van der Waals surface area contributed by atoms with E-state index in [0.717, 1.165) is 23.8 Å². The molecule has 7 nitrogen and oxygen atoms in total. The van der Waals surface area contributed by atoms with Crippen LogP contribution in [0.5, 0.6) is 11.5 Å². The zero-order chi connectivity index (χ0) is 20.1. The molecule has 0 fully saturated rings. The number of halogens is 1. The van der Waals surface area contributed by atoms with Gasteiger partial charge in [-0.3, -0.25) is 10.1 Å². The van der Waals surface area contributed by atoms with Crippen LogP contribution in [0.1, 0.15) is 5.56 Å². The molecule has 0 N–H and O–H groups in total. The Labute approximate surface area is 166 Å². The molecule has 0 aliphatic rings. The molecule has 28 heavy (non-hydrogen) atoms. The van der Waals surface area contributed by atoms with Crippen LogP contribution in [0.2, 0.25) is 5.02 Å². The van der Waals surface area contributed by atoms with Gasteiger partial charge in [0, 0.05) is 6.07 Å². The monoisotopic (exact) mass is 419 g/mol. The van der Waals surface area contributed by atoms with Gasteiger partial charge in [0.2, 0.25) is 0 Å². The molecular formula is C19H14ClNO6S. The van der Waals surface area contributed by atoms with Gasteiger partial charge in [-0.05, 0) is 42.0 Å². The first kappa shape index (κ1) is 19.7. The minimum atomic E-state index is -4.26. The van der Waals surface area contributed by atoms with Crippen molar-refractivity contribution in [1.82, 2.24) is 0 Å². The molecule has 0 amide bonds. The maximum atomic E-state index is 12.4. The molecule has 0 spiro atoms. The highest BCUT2D eigenvalue weighted by Gasteiger charge is 2.22. The molecule has 0 atom stereocenters. The maximum absolute atomic E-state index is 12.4. The summed E-state index contributed by atoms with van der Waals surface area (Å²) < 4.78 is 35.4. The minimum Gasteiger partial charge on any atom is -0.489 e. The number of hydrogen-bond acceptors (Lipinski definition) is 6. The Bertz CT molecular complexity index is 1090. The Morgan fingerprint density at radius 2 is 1.57 bits per heavy atom. The molecule has 0 saturated heterocycles. The molecule has 0 aromatic heterocycles. The number of ether oxygens (including phenoxy) is 1. The summed E-state index contributed by atoms with van der Waals surface area (Å²) in [7, 11) is -4.26. The van der Waals surface area contributed by atoms with Crippen molar-refractivity contribution >= 4 is 27.4 Å². The van der Waals surface area contributed by atoms with Gasteiger partial charge in [0.05, 0.1) is 4.92 Å². The van der Waals surface area contributed by atoms with Gasteiger partial charge in [0.15, 0.2) is 0 Å². The number of hydrogen-bond donors (Lipinski definition) is 0. The largest absolute Gasteiger partial charge is 0.489 e. The average molecular weight is 420 g/mol. The smallest absolute Gasteiger partial charge is 0.339 e. The number of nitro benzene ring substituents is 1. The van der Waals surface area contributed by atoms with Crippen molar-refractivity contribution in [2.45, 2.75) is 11.5 Å². The van der Waals surface area contributed by atoms with Crippen LogP contribution < -0.4 is 8.92 Å². The molecule has 3 aromatic rings. The zero-order valence-corrected chi connectivity index (χ0v) is 15.9. The van der Waals surface area contributed by atoms with E-state index in [9.17, 15) is 18.5 Å². The van der Waals surface area contributed by atoms with Gasteiger partial charge in [-0.15, -0.1) is 0 Å². The van der Waals surface area contributed by atoms with Crippen LogP contribution >= 0.6 is 11.6 Å². The molecular weight excluding hydrogens is 406 g/mol. The van der Waals surface area contributed by atoms with E-state index in [1.165, 1.54) is 12.1 Å². The summed E-state index contributed by atoms with van der Waals surface area (Å²) in [5.74, 6) is 0.584. The molecule has 0 unspecified atom stereocenters. The molecule has 3 aromatic carbocycles. The molecule has 0 heterocycles. The number of rotatable bonds is 7. The number of benzene rings is 3. The quantitative estimate of drug-likeness (QED) is 0.315. The van der Waals surface area contributed by atoms with Gasteiger partial charge >= 0.3 is 10.1 Å². The van der Waals surface area contributed by atoms with Gasteiger partial charge in [-0.1, -0.05) is 41.9 Å². The van der Waals surface area contributed by atoms with Crippen LogP contribution in [0.3, 0.4) is 0 Å². The predicted molar refractivity (Wildman–Crippen MR) is 103 cm³/mol. The summed E-state index contributed by atoms with van der Waals surface area (Å²) in [4.78, 5) is 9.80. The van der Waals surface area contributed by atoms with Crippen molar-refractivity contribution < 1.29 is 22.3 Å². The predicted octanol–water partition coefficient (Wildman–Crippen LogP) is 4.59.